The number of fused-ring (bicyclic) bond motifs is 1. The summed E-state index contributed by atoms with van der Waals surface area (Å²) < 4.78 is 15.0. The Morgan fingerprint density at radius 2 is 2.03 bits per heavy atom. The van der Waals surface area contributed by atoms with Crippen molar-refractivity contribution in [1.82, 2.24) is 19.9 Å². The van der Waals surface area contributed by atoms with Crippen molar-refractivity contribution in [2.24, 2.45) is 5.41 Å². The molecule has 172 valence electrons. The van der Waals surface area contributed by atoms with Gasteiger partial charge in [0.15, 0.2) is 5.65 Å². The molecule has 0 atom stereocenters. The fourth-order valence-corrected chi connectivity index (χ4v) is 5.23. The molecule has 2 aromatic heterocycles. The predicted octanol–water partition coefficient (Wildman–Crippen LogP) is 3.66. The number of amides is 2. The molecule has 0 radical (unpaired) electrons. The van der Waals surface area contributed by atoms with E-state index in [0.717, 1.165) is 6.42 Å². The first kappa shape index (κ1) is 21.6. The van der Waals surface area contributed by atoms with Gasteiger partial charge in [0, 0.05) is 25.8 Å². The van der Waals surface area contributed by atoms with Crippen molar-refractivity contribution in [3.8, 4) is 0 Å². The highest BCUT2D eigenvalue weighted by Gasteiger charge is 2.49. The van der Waals surface area contributed by atoms with Crippen LogP contribution >= 0.6 is 11.6 Å². The van der Waals surface area contributed by atoms with E-state index in [1.54, 1.807) is 34.8 Å². The van der Waals surface area contributed by atoms with Gasteiger partial charge >= 0.3 is 0 Å². The van der Waals surface area contributed by atoms with Gasteiger partial charge in [0.25, 0.3) is 5.91 Å². The summed E-state index contributed by atoms with van der Waals surface area (Å²) in [6.45, 7) is 0.559. The quantitative estimate of drug-likeness (QED) is 0.607. The summed E-state index contributed by atoms with van der Waals surface area (Å²) in [5.74, 6) is 0.0449. The topological polar surface area (TPSA) is 91.6 Å². The predicted molar refractivity (Wildman–Crippen MR) is 123 cm³/mol. The molecule has 1 aromatic carbocycles. The minimum Gasteiger partial charge on any atom is -0.373 e. The Balaban J connectivity index is 1.25. The van der Waals surface area contributed by atoms with Gasteiger partial charge in [-0.15, -0.1) is 0 Å². The molecule has 1 saturated carbocycles. The Bertz CT molecular complexity index is 1240. The highest BCUT2D eigenvalue weighted by atomic mass is 35.5. The molecule has 3 aromatic rings. The molecule has 1 aliphatic heterocycles. The lowest BCUT2D eigenvalue weighted by Gasteiger charge is -2.36. The number of aromatic nitrogens is 3. The van der Waals surface area contributed by atoms with E-state index in [4.69, 9.17) is 11.6 Å². The number of nitrogens with zero attached hydrogens (tertiary/aromatic N) is 4. The van der Waals surface area contributed by atoms with Crippen LogP contribution in [0.5, 0.6) is 0 Å². The van der Waals surface area contributed by atoms with Crippen molar-refractivity contribution < 1.29 is 14.0 Å². The molecule has 5 rings (SSSR count). The molecule has 2 aliphatic rings. The molecular weight excluding hydrogens is 447 g/mol. The van der Waals surface area contributed by atoms with Gasteiger partial charge in [-0.3, -0.25) is 9.59 Å². The molecule has 2 amide bonds. The molecule has 0 bridgehead atoms. The Hall–Kier alpha value is -3.20. The summed E-state index contributed by atoms with van der Waals surface area (Å²) in [7, 11) is 1.77. The van der Waals surface area contributed by atoms with E-state index >= 15 is 0 Å². The first-order chi connectivity index (χ1) is 15.9. The van der Waals surface area contributed by atoms with Gasteiger partial charge in [0.1, 0.15) is 17.2 Å². The smallest absolute Gasteiger partial charge is 0.256 e. The highest BCUT2D eigenvalue weighted by molar-refractivity contribution is 6.34. The van der Waals surface area contributed by atoms with Crippen molar-refractivity contribution in [2.45, 2.75) is 38.1 Å². The van der Waals surface area contributed by atoms with Gasteiger partial charge in [0.2, 0.25) is 5.91 Å². The summed E-state index contributed by atoms with van der Waals surface area (Å²) in [5, 5.41) is 10.5. The fraction of sp³-hybridized carbons (Fsp3) is 0.391. The second kappa shape index (κ2) is 8.30. The minimum atomic E-state index is -0.452. The largest absolute Gasteiger partial charge is 0.373 e. The number of rotatable bonds is 4. The molecule has 1 aliphatic carbocycles. The van der Waals surface area contributed by atoms with Crippen LogP contribution in [0, 0.1) is 11.2 Å². The van der Waals surface area contributed by atoms with Crippen molar-refractivity contribution in [3.05, 3.63) is 53.1 Å². The number of halogens is 2. The molecular formula is C23H24ClFN6O2. The van der Waals surface area contributed by atoms with E-state index in [2.05, 4.69) is 20.7 Å². The Morgan fingerprint density at radius 1 is 1.24 bits per heavy atom. The maximum absolute atomic E-state index is 13.4. The second-order valence-electron chi connectivity index (χ2n) is 8.72. The number of carbonyl (C=O) groups is 2. The third-order valence-electron chi connectivity index (χ3n) is 6.86. The van der Waals surface area contributed by atoms with Gasteiger partial charge in [-0.2, -0.15) is 5.10 Å². The van der Waals surface area contributed by atoms with Crippen LogP contribution in [0.4, 0.5) is 15.9 Å². The molecule has 8 nitrogen and oxygen atoms in total. The number of hydrogen-bond donors (Lipinski definition) is 2. The van der Waals surface area contributed by atoms with Crippen LogP contribution in [0.15, 0.2) is 36.7 Å². The normalized spacial score (nSPS) is 22.8. The molecule has 1 saturated heterocycles. The summed E-state index contributed by atoms with van der Waals surface area (Å²) in [4.78, 5) is 32.3. The molecule has 2 N–H and O–H groups in total. The van der Waals surface area contributed by atoms with Crippen LogP contribution in [0.2, 0.25) is 5.02 Å². The summed E-state index contributed by atoms with van der Waals surface area (Å²) in [6, 6.07) is 5.87. The van der Waals surface area contributed by atoms with Crippen LogP contribution in [-0.2, 0) is 4.79 Å². The lowest BCUT2D eigenvalue weighted by molar-refractivity contribution is -0.127. The molecule has 1 spiro atoms. The van der Waals surface area contributed by atoms with Gasteiger partial charge < -0.3 is 15.5 Å². The third-order valence-corrected chi connectivity index (χ3v) is 7.16. The van der Waals surface area contributed by atoms with Crippen molar-refractivity contribution in [2.75, 3.05) is 23.8 Å². The molecule has 3 heterocycles. The lowest BCUT2D eigenvalue weighted by Crippen LogP contribution is -2.44. The second-order valence-corrected chi connectivity index (χ2v) is 9.13. The maximum atomic E-state index is 13.4. The van der Waals surface area contributed by atoms with E-state index in [1.807, 2.05) is 0 Å². The van der Waals surface area contributed by atoms with E-state index in [0.29, 0.717) is 54.9 Å². The number of hydrogen-bond acceptors (Lipinski definition) is 5. The Labute approximate surface area is 195 Å². The standard InChI is InChI=1S/C23H24ClFN6O2/c1-26-19-6-10-31-20(29-19)16(13-27-31)21(32)28-15-4-7-23(8-5-15)9-11-30(22(23)33)18-3-2-14(25)12-17(18)24/h2-3,6,10,12-13,15H,4-5,7-9,11H2,1H3,(H,26,29)(H,28,32)/t15-,23-. The van der Waals surface area contributed by atoms with E-state index in [-0.39, 0.29) is 22.9 Å². The zero-order valence-corrected chi connectivity index (χ0v) is 18.9. The van der Waals surface area contributed by atoms with Crippen LogP contribution < -0.4 is 15.5 Å². The summed E-state index contributed by atoms with van der Waals surface area (Å²) in [5.41, 5.74) is 1.01. The molecule has 10 heteroatoms. The zero-order valence-electron chi connectivity index (χ0n) is 18.1. The minimum absolute atomic E-state index is 0.0261. The summed E-state index contributed by atoms with van der Waals surface area (Å²) >= 11 is 6.19. The fourth-order valence-electron chi connectivity index (χ4n) is 4.96. The van der Waals surface area contributed by atoms with Crippen molar-refractivity contribution in [1.29, 1.82) is 0 Å². The first-order valence-corrected chi connectivity index (χ1v) is 11.4. The molecule has 2 fully saturated rings. The van der Waals surface area contributed by atoms with Gasteiger partial charge in [-0.05, 0) is 56.4 Å². The average molecular weight is 471 g/mol. The van der Waals surface area contributed by atoms with E-state index in [1.165, 1.54) is 18.3 Å². The SMILES string of the molecule is CNc1ccn2ncc(C(=O)N[C@H]3CC[C@@]4(CCN(c5ccc(F)cc5Cl)C4=O)CC3)c2n1. The first-order valence-electron chi connectivity index (χ1n) is 11.0. The van der Waals surface area contributed by atoms with E-state index in [9.17, 15) is 14.0 Å². The van der Waals surface area contributed by atoms with Crippen LogP contribution in [-0.4, -0.2) is 46.0 Å². The number of carbonyl (C=O) groups excluding carboxylic acids is 2. The van der Waals surface area contributed by atoms with Crippen molar-refractivity contribution >= 4 is 40.6 Å². The van der Waals surface area contributed by atoms with Gasteiger partial charge in [-0.1, -0.05) is 11.6 Å². The maximum Gasteiger partial charge on any atom is 0.256 e. The Morgan fingerprint density at radius 3 is 2.76 bits per heavy atom. The molecule has 33 heavy (non-hydrogen) atoms. The highest BCUT2D eigenvalue weighted by Crippen LogP contribution is 2.47. The summed E-state index contributed by atoms with van der Waals surface area (Å²) in [6.07, 6.45) is 6.77. The van der Waals surface area contributed by atoms with Crippen molar-refractivity contribution in [3.63, 3.8) is 0 Å². The third kappa shape index (κ3) is 3.80. The van der Waals surface area contributed by atoms with Gasteiger partial charge in [0.05, 0.1) is 22.3 Å². The number of nitrogens with one attached hydrogen (secondary N) is 2. The van der Waals surface area contributed by atoms with Crippen LogP contribution in [0.3, 0.4) is 0 Å². The zero-order chi connectivity index (χ0) is 23.2. The molecule has 0 unspecified atom stereocenters. The van der Waals surface area contributed by atoms with Crippen LogP contribution in [0.25, 0.3) is 5.65 Å². The van der Waals surface area contributed by atoms with E-state index < -0.39 is 11.2 Å². The monoisotopic (exact) mass is 470 g/mol. The van der Waals surface area contributed by atoms with Gasteiger partial charge in [-0.25, -0.2) is 13.9 Å². The Kier molecular flexibility index (Phi) is 5.44. The number of benzene rings is 1. The lowest BCUT2D eigenvalue weighted by atomic mass is 9.71. The number of anilines is 2. The average Bonchev–Trinajstić information content (AvgIpc) is 3.37. The van der Waals surface area contributed by atoms with Crippen LogP contribution in [0.1, 0.15) is 42.5 Å².